The van der Waals surface area contributed by atoms with E-state index in [2.05, 4.69) is 12.1 Å². The Bertz CT molecular complexity index is 1490. The van der Waals surface area contributed by atoms with Crippen LogP contribution in [0.15, 0.2) is 66.7 Å². The summed E-state index contributed by atoms with van der Waals surface area (Å²) in [5.74, 6) is 5.65. The van der Waals surface area contributed by atoms with Crippen molar-refractivity contribution in [3.8, 4) is 51.7 Å². The molecule has 4 aromatic rings. The number of rotatable bonds is 15. The normalized spacial score (nSPS) is 10.6. The van der Waals surface area contributed by atoms with E-state index in [4.69, 9.17) is 37.9 Å². The monoisotopic (exact) mass is 588 g/mol. The molecule has 0 heterocycles. The minimum Gasteiger partial charge on any atom is -0.497 e. The molecular weight excluding hydrogens is 548 g/mol. The van der Waals surface area contributed by atoms with Gasteiger partial charge in [0.25, 0.3) is 0 Å². The van der Waals surface area contributed by atoms with E-state index in [1.807, 2.05) is 54.6 Å². The van der Waals surface area contributed by atoms with Crippen LogP contribution in [0.2, 0.25) is 0 Å². The number of hydrogen-bond donors (Lipinski definition) is 0. The molecule has 0 radical (unpaired) electrons. The van der Waals surface area contributed by atoms with Gasteiger partial charge < -0.3 is 37.9 Å². The van der Waals surface area contributed by atoms with Gasteiger partial charge >= 0.3 is 0 Å². The highest BCUT2D eigenvalue weighted by Crippen LogP contribution is 2.42. The van der Waals surface area contributed by atoms with Crippen molar-refractivity contribution in [3.63, 3.8) is 0 Å². The lowest BCUT2D eigenvalue weighted by molar-refractivity contribution is 0.324. The van der Waals surface area contributed by atoms with Crippen LogP contribution in [0, 0.1) is 0 Å². The topological polar surface area (TPSA) is 73.8 Å². The minimum atomic E-state index is 0.514. The van der Waals surface area contributed by atoms with E-state index in [9.17, 15) is 0 Å². The molecule has 0 fully saturated rings. The number of aryl methyl sites for hydroxylation is 4. The maximum atomic E-state index is 6.45. The zero-order valence-electron chi connectivity index (χ0n) is 25.9. The Balaban J connectivity index is 1.59. The fourth-order valence-electron chi connectivity index (χ4n) is 4.97. The fourth-order valence-corrected chi connectivity index (χ4v) is 4.97. The first-order chi connectivity index (χ1) is 20.9. The SMILES string of the molecule is COc1cccc(CCc2cc(OC)cc(Oc3cc(CCc4cc(OC)c(OC)c(OC)c4)cc(OC)c3OC)c2)c1. The summed E-state index contributed by atoms with van der Waals surface area (Å²) in [6.45, 7) is 0. The fraction of sp³-hybridized carbons (Fsp3) is 0.314. The van der Waals surface area contributed by atoms with Crippen molar-refractivity contribution < 1.29 is 37.9 Å². The molecule has 4 rings (SSSR count). The van der Waals surface area contributed by atoms with Crippen molar-refractivity contribution in [2.45, 2.75) is 25.7 Å². The van der Waals surface area contributed by atoms with Crippen molar-refractivity contribution >= 4 is 0 Å². The molecule has 0 bridgehead atoms. The number of ether oxygens (including phenoxy) is 8. The summed E-state index contributed by atoms with van der Waals surface area (Å²) >= 11 is 0. The quantitative estimate of drug-likeness (QED) is 0.146. The van der Waals surface area contributed by atoms with Gasteiger partial charge in [-0.1, -0.05) is 12.1 Å². The van der Waals surface area contributed by atoms with Crippen molar-refractivity contribution in [2.75, 3.05) is 49.8 Å². The molecule has 0 saturated carbocycles. The number of methoxy groups -OCH3 is 7. The maximum Gasteiger partial charge on any atom is 0.203 e. The van der Waals surface area contributed by atoms with Gasteiger partial charge in [-0.3, -0.25) is 0 Å². The van der Waals surface area contributed by atoms with E-state index < -0.39 is 0 Å². The lowest BCUT2D eigenvalue weighted by atomic mass is 10.0. The van der Waals surface area contributed by atoms with Gasteiger partial charge in [-0.05, 0) is 96.5 Å². The smallest absolute Gasteiger partial charge is 0.203 e. The van der Waals surface area contributed by atoms with Crippen LogP contribution >= 0.6 is 0 Å². The highest BCUT2D eigenvalue weighted by molar-refractivity contribution is 5.57. The van der Waals surface area contributed by atoms with Crippen LogP contribution in [0.4, 0.5) is 0 Å². The summed E-state index contributed by atoms with van der Waals surface area (Å²) in [6, 6.07) is 21.9. The van der Waals surface area contributed by atoms with Gasteiger partial charge in [0.15, 0.2) is 23.0 Å². The highest BCUT2D eigenvalue weighted by atomic mass is 16.5. The third-order valence-electron chi connectivity index (χ3n) is 7.17. The maximum absolute atomic E-state index is 6.45. The Morgan fingerprint density at radius 2 is 0.814 bits per heavy atom. The molecule has 43 heavy (non-hydrogen) atoms. The zero-order chi connectivity index (χ0) is 30.8. The van der Waals surface area contributed by atoms with Crippen LogP contribution in [-0.2, 0) is 25.7 Å². The number of benzene rings is 4. The van der Waals surface area contributed by atoms with E-state index in [1.165, 1.54) is 5.56 Å². The first-order valence-corrected chi connectivity index (χ1v) is 14.0. The summed E-state index contributed by atoms with van der Waals surface area (Å²) in [7, 11) is 11.4. The molecule has 0 saturated heterocycles. The summed E-state index contributed by atoms with van der Waals surface area (Å²) < 4.78 is 45.4. The summed E-state index contributed by atoms with van der Waals surface area (Å²) in [5, 5.41) is 0. The van der Waals surface area contributed by atoms with Crippen molar-refractivity contribution in [1.29, 1.82) is 0 Å². The predicted octanol–water partition coefficient (Wildman–Crippen LogP) is 7.11. The molecule has 228 valence electrons. The average molecular weight is 589 g/mol. The molecule has 0 atom stereocenters. The summed E-state index contributed by atoms with van der Waals surface area (Å²) in [4.78, 5) is 0. The van der Waals surface area contributed by atoms with E-state index in [0.717, 1.165) is 41.7 Å². The molecule has 0 N–H and O–H groups in total. The van der Waals surface area contributed by atoms with Crippen molar-refractivity contribution in [2.24, 2.45) is 0 Å². The Hall–Kier alpha value is -4.72. The van der Waals surface area contributed by atoms with Gasteiger partial charge in [-0.2, -0.15) is 0 Å². The molecule has 8 nitrogen and oxygen atoms in total. The van der Waals surface area contributed by atoms with Crippen molar-refractivity contribution in [3.05, 3.63) is 89.0 Å². The molecule has 0 unspecified atom stereocenters. The summed E-state index contributed by atoms with van der Waals surface area (Å²) in [5.41, 5.74) is 4.33. The molecule has 0 amide bonds. The standard InChI is InChI=1S/C35H40O8/c1-36-27-10-8-9-23(15-27)11-12-24-16-28(37-2)22-29(17-24)43-33-21-26(20-32(40-5)35(33)42-7)14-13-25-18-30(38-3)34(41-6)31(19-25)39-4/h8-10,15-22H,11-14H2,1-7H3. The minimum absolute atomic E-state index is 0.514. The molecule has 4 aromatic carbocycles. The van der Waals surface area contributed by atoms with Crippen LogP contribution < -0.4 is 37.9 Å². The highest BCUT2D eigenvalue weighted by Gasteiger charge is 2.17. The van der Waals surface area contributed by atoms with Crippen LogP contribution in [0.25, 0.3) is 0 Å². The van der Waals surface area contributed by atoms with Crippen LogP contribution in [0.3, 0.4) is 0 Å². The molecule has 8 heteroatoms. The van der Waals surface area contributed by atoms with E-state index >= 15 is 0 Å². The van der Waals surface area contributed by atoms with Crippen LogP contribution in [0.1, 0.15) is 22.3 Å². The second kappa shape index (κ2) is 15.0. The average Bonchev–Trinajstić information content (AvgIpc) is 3.05. The Labute approximate surface area is 254 Å². The predicted molar refractivity (Wildman–Crippen MR) is 167 cm³/mol. The zero-order valence-corrected chi connectivity index (χ0v) is 25.9. The van der Waals surface area contributed by atoms with E-state index in [1.54, 1.807) is 49.8 Å². The van der Waals surface area contributed by atoms with Gasteiger partial charge in [0.1, 0.15) is 17.2 Å². The van der Waals surface area contributed by atoms with Crippen LogP contribution in [-0.4, -0.2) is 49.8 Å². The molecule has 0 aliphatic heterocycles. The van der Waals surface area contributed by atoms with Gasteiger partial charge in [-0.25, -0.2) is 0 Å². The van der Waals surface area contributed by atoms with Gasteiger partial charge in [0.2, 0.25) is 11.5 Å². The van der Waals surface area contributed by atoms with Gasteiger partial charge in [0, 0.05) is 6.07 Å². The van der Waals surface area contributed by atoms with Gasteiger partial charge in [-0.15, -0.1) is 0 Å². The molecule has 0 aromatic heterocycles. The number of hydrogen-bond acceptors (Lipinski definition) is 8. The Morgan fingerprint density at radius 1 is 0.372 bits per heavy atom. The lowest BCUT2D eigenvalue weighted by Gasteiger charge is -2.17. The second-order valence-corrected chi connectivity index (χ2v) is 9.83. The largest absolute Gasteiger partial charge is 0.497 e. The molecule has 0 spiro atoms. The Kier molecular flexibility index (Phi) is 10.9. The third kappa shape index (κ3) is 7.77. The van der Waals surface area contributed by atoms with Crippen LogP contribution in [0.5, 0.6) is 51.7 Å². The van der Waals surface area contributed by atoms with Gasteiger partial charge in [0.05, 0.1) is 49.8 Å². The van der Waals surface area contributed by atoms with E-state index in [-0.39, 0.29) is 0 Å². The lowest BCUT2D eigenvalue weighted by Crippen LogP contribution is -2.00. The first-order valence-electron chi connectivity index (χ1n) is 14.0. The first kappa shape index (κ1) is 31.2. The van der Waals surface area contributed by atoms with Crippen molar-refractivity contribution in [1.82, 2.24) is 0 Å². The third-order valence-corrected chi connectivity index (χ3v) is 7.17. The molecule has 0 aliphatic carbocycles. The Morgan fingerprint density at radius 3 is 1.33 bits per heavy atom. The summed E-state index contributed by atoms with van der Waals surface area (Å²) in [6.07, 6.45) is 3.08. The molecular formula is C35H40O8. The molecule has 0 aliphatic rings. The second-order valence-electron chi connectivity index (χ2n) is 9.83. The van der Waals surface area contributed by atoms with E-state index in [0.29, 0.717) is 52.4 Å².